The molecule has 1 aliphatic heterocycles. The van der Waals surface area contributed by atoms with Gasteiger partial charge in [0, 0.05) is 18.2 Å². The van der Waals surface area contributed by atoms with Gasteiger partial charge in [0.25, 0.3) is 0 Å². The van der Waals surface area contributed by atoms with Crippen LogP contribution in [0.3, 0.4) is 0 Å². The standard InChI is InChI=1S/C14H19ClN2O3/c1-19-12-7-13(20-2)10(15)6-9(12)8-17-5-3-4-11(17)14(16)18/h6-7,11H,3-5,8H2,1-2H3,(H2,16,18)/t11-/m1/s1. The van der Waals surface area contributed by atoms with Gasteiger partial charge in [-0.2, -0.15) is 0 Å². The fourth-order valence-electron chi connectivity index (χ4n) is 2.60. The SMILES string of the molecule is COc1cc(OC)c(CN2CCC[C@@H]2C(N)=O)cc1Cl. The Balaban J connectivity index is 2.24. The molecule has 110 valence electrons. The van der Waals surface area contributed by atoms with E-state index in [0.717, 1.165) is 24.9 Å². The van der Waals surface area contributed by atoms with E-state index in [-0.39, 0.29) is 11.9 Å². The predicted molar refractivity (Wildman–Crippen MR) is 77.2 cm³/mol. The maximum absolute atomic E-state index is 11.4. The van der Waals surface area contributed by atoms with Gasteiger partial charge in [0.15, 0.2) is 0 Å². The highest BCUT2D eigenvalue weighted by atomic mass is 35.5. The lowest BCUT2D eigenvalue weighted by molar-refractivity contribution is -0.122. The summed E-state index contributed by atoms with van der Waals surface area (Å²) in [6.45, 7) is 1.43. The minimum atomic E-state index is -0.277. The molecule has 2 N–H and O–H groups in total. The molecule has 1 aromatic rings. The molecule has 0 radical (unpaired) electrons. The molecule has 1 atom stereocenters. The second-order valence-electron chi connectivity index (χ2n) is 4.83. The maximum Gasteiger partial charge on any atom is 0.234 e. The van der Waals surface area contributed by atoms with Crippen molar-refractivity contribution in [3.63, 3.8) is 0 Å². The Labute approximate surface area is 123 Å². The first kappa shape index (κ1) is 14.9. The van der Waals surface area contributed by atoms with Crippen LogP contribution in [0.25, 0.3) is 0 Å². The number of methoxy groups -OCH3 is 2. The fraction of sp³-hybridized carbons (Fsp3) is 0.500. The largest absolute Gasteiger partial charge is 0.496 e. The molecule has 6 heteroatoms. The van der Waals surface area contributed by atoms with Crippen LogP contribution in [0, 0.1) is 0 Å². The number of hydrogen-bond acceptors (Lipinski definition) is 4. The van der Waals surface area contributed by atoms with Crippen LogP contribution in [-0.4, -0.2) is 37.6 Å². The molecular formula is C14H19ClN2O3. The minimum Gasteiger partial charge on any atom is -0.496 e. The van der Waals surface area contributed by atoms with Crippen LogP contribution < -0.4 is 15.2 Å². The molecule has 0 unspecified atom stereocenters. The zero-order valence-corrected chi connectivity index (χ0v) is 12.4. The van der Waals surface area contributed by atoms with Gasteiger partial charge in [-0.25, -0.2) is 0 Å². The molecule has 5 nitrogen and oxygen atoms in total. The van der Waals surface area contributed by atoms with Crippen LogP contribution >= 0.6 is 11.6 Å². The molecule has 2 rings (SSSR count). The van der Waals surface area contributed by atoms with Crippen LogP contribution in [0.4, 0.5) is 0 Å². The summed E-state index contributed by atoms with van der Waals surface area (Å²) in [7, 11) is 3.16. The molecule has 0 saturated carbocycles. The summed E-state index contributed by atoms with van der Waals surface area (Å²) in [5.74, 6) is 0.989. The average molecular weight is 299 g/mol. The van der Waals surface area contributed by atoms with Gasteiger partial charge in [0.2, 0.25) is 5.91 Å². The summed E-state index contributed by atoms with van der Waals surface area (Å²) >= 11 is 6.15. The summed E-state index contributed by atoms with van der Waals surface area (Å²) in [4.78, 5) is 13.5. The van der Waals surface area contributed by atoms with Crippen molar-refractivity contribution in [3.05, 3.63) is 22.7 Å². The fourth-order valence-corrected chi connectivity index (χ4v) is 2.87. The summed E-state index contributed by atoms with van der Waals surface area (Å²) in [5, 5.41) is 0.526. The molecule has 20 heavy (non-hydrogen) atoms. The molecule has 0 aliphatic carbocycles. The lowest BCUT2D eigenvalue weighted by Crippen LogP contribution is -2.39. The lowest BCUT2D eigenvalue weighted by Gasteiger charge is -2.23. The highest BCUT2D eigenvalue weighted by molar-refractivity contribution is 6.32. The molecule has 1 saturated heterocycles. The van der Waals surface area contributed by atoms with Gasteiger partial charge >= 0.3 is 0 Å². The number of carbonyl (C=O) groups excluding carboxylic acids is 1. The zero-order valence-electron chi connectivity index (χ0n) is 11.7. The highest BCUT2D eigenvalue weighted by Crippen LogP contribution is 2.34. The van der Waals surface area contributed by atoms with Crippen molar-refractivity contribution in [2.45, 2.75) is 25.4 Å². The number of rotatable bonds is 5. The van der Waals surface area contributed by atoms with E-state index in [2.05, 4.69) is 4.90 Å². The number of primary amides is 1. The monoisotopic (exact) mass is 298 g/mol. The first-order chi connectivity index (χ1) is 9.56. The second-order valence-corrected chi connectivity index (χ2v) is 5.24. The number of nitrogens with zero attached hydrogens (tertiary/aromatic N) is 1. The molecule has 0 bridgehead atoms. The first-order valence-electron chi connectivity index (χ1n) is 6.50. The smallest absolute Gasteiger partial charge is 0.234 e. The van der Waals surface area contributed by atoms with E-state index in [0.29, 0.717) is 23.1 Å². The van der Waals surface area contributed by atoms with Gasteiger partial charge in [-0.1, -0.05) is 11.6 Å². The Kier molecular flexibility index (Phi) is 4.73. The van der Waals surface area contributed by atoms with Gasteiger partial charge in [-0.3, -0.25) is 9.69 Å². The Bertz CT molecular complexity index is 507. The Morgan fingerprint density at radius 2 is 2.10 bits per heavy atom. The number of ether oxygens (including phenoxy) is 2. The Morgan fingerprint density at radius 3 is 2.70 bits per heavy atom. The van der Waals surface area contributed by atoms with Crippen molar-refractivity contribution in [1.29, 1.82) is 0 Å². The average Bonchev–Trinajstić information content (AvgIpc) is 2.87. The highest BCUT2D eigenvalue weighted by Gasteiger charge is 2.29. The molecule has 1 heterocycles. The quantitative estimate of drug-likeness (QED) is 0.900. The van der Waals surface area contributed by atoms with Crippen molar-refractivity contribution in [1.82, 2.24) is 4.90 Å². The van der Waals surface area contributed by atoms with E-state index in [9.17, 15) is 4.79 Å². The van der Waals surface area contributed by atoms with Gasteiger partial charge in [-0.15, -0.1) is 0 Å². The number of hydrogen-bond donors (Lipinski definition) is 1. The van der Waals surface area contributed by atoms with Gasteiger partial charge in [0.1, 0.15) is 11.5 Å². The van der Waals surface area contributed by atoms with Crippen molar-refractivity contribution in [3.8, 4) is 11.5 Å². The van der Waals surface area contributed by atoms with Crippen molar-refractivity contribution in [2.24, 2.45) is 5.73 Å². The van der Waals surface area contributed by atoms with E-state index in [1.54, 1.807) is 20.3 Å². The summed E-state index contributed by atoms with van der Waals surface area (Å²) < 4.78 is 10.5. The number of amides is 1. The first-order valence-corrected chi connectivity index (χ1v) is 6.88. The van der Waals surface area contributed by atoms with Crippen molar-refractivity contribution in [2.75, 3.05) is 20.8 Å². The van der Waals surface area contributed by atoms with E-state index in [1.165, 1.54) is 0 Å². The molecule has 0 aromatic heterocycles. The molecule has 0 spiro atoms. The number of carbonyl (C=O) groups is 1. The lowest BCUT2D eigenvalue weighted by atomic mass is 10.1. The summed E-state index contributed by atoms with van der Waals surface area (Å²) in [6.07, 6.45) is 1.78. The van der Waals surface area contributed by atoms with E-state index >= 15 is 0 Å². The molecular weight excluding hydrogens is 280 g/mol. The van der Waals surface area contributed by atoms with Gasteiger partial charge < -0.3 is 15.2 Å². The third-order valence-electron chi connectivity index (χ3n) is 3.62. The van der Waals surface area contributed by atoms with Gasteiger partial charge in [-0.05, 0) is 25.5 Å². The van der Waals surface area contributed by atoms with Crippen LogP contribution in [-0.2, 0) is 11.3 Å². The maximum atomic E-state index is 11.4. The molecule has 1 aromatic carbocycles. The zero-order chi connectivity index (χ0) is 14.7. The van der Waals surface area contributed by atoms with Crippen LogP contribution in [0.2, 0.25) is 5.02 Å². The van der Waals surface area contributed by atoms with Gasteiger partial charge in [0.05, 0.1) is 25.3 Å². The predicted octanol–water partition coefficient (Wildman–Crippen LogP) is 1.81. The normalized spacial score (nSPS) is 19.1. The van der Waals surface area contributed by atoms with E-state index < -0.39 is 0 Å². The number of benzene rings is 1. The summed E-state index contributed by atoms with van der Waals surface area (Å²) in [6, 6.07) is 3.36. The third-order valence-corrected chi connectivity index (χ3v) is 3.92. The van der Waals surface area contributed by atoms with Crippen LogP contribution in [0.15, 0.2) is 12.1 Å². The minimum absolute atomic E-state index is 0.208. The number of likely N-dealkylation sites (tertiary alicyclic amines) is 1. The van der Waals surface area contributed by atoms with Crippen LogP contribution in [0.1, 0.15) is 18.4 Å². The molecule has 1 aliphatic rings. The topological polar surface area (TPSA) is 64.8 Å². The number of halogens is 1. The number of nitrogens with two attached hydrogens (primary N) is 1. The Morgan fingerprint density at radius 1 is 1.40 bits per heavy atom. The second kappa shape index (κ2) is 6.33. The van der Waals surface area contributed by atoms with E-state index in [4.69, 9.17) is 26.8 Å². The van der Waals surface area contributed by atoms with E-state index in [1.807, 2.05) is 6.07 Å². The van der Waals surface area contributed by atoms with Crippen molar-refractivity contribution >= 4 is 17.5 Å². The van der Waals surface area contributed by atoms with Crippen LogP contribution in [0.5, 0.6) is 11.5 Å². The Hall–Kier alpha value is -1.46. The molecule has 1 amide bonds. The van der Waals surface area contributed by atoms with Crippen molar-refractivity contribution < 1.29 is 14.3 Å². The summed E-state index contributed by atoms with van der Waals surface area (Å²) in [5.41, 5.74) is 6.35. The third kappa shape index (κ3) is 2.99. The molecule has 1 fully saturated rings.